The SMILES string of the molecule is CCCCCc1nc(N(CCC)CCC)c2cc(-c3ncc(C)n3C)ccc2n1. The molecule has 0 atom stereocenters. The molecule has 1 aromatic carbocycles. The van der Waals surface area contributed by atoms with E-state index in [4.69, 9.17) is 9.97 Å². The number of hydrogen-bond acceptors (Lipinski definition) is 4. The van der Waals surface area contributed by atoms with Gasteiger partial charge < -0.3 is 9.47 Å². The van der Waals surface area contributed by atoms with Crippen LogP contribution in [-0.2, 0) is 13.5 Å². The molecule has 2 aromatic heterocycles. The fourth-order valence-electron chi connectivity index (χ4n) is 3.81. The number of aromatic nitrogens is 4. The summed E-state index contributed by atoms with van der Waals surface area (Å²) in [6.45, 7) is 10.8. The third-order valence-corrected chi connectivity index (χ3v) is 5.49. The fraction of sp³-hybridized carbons (Fsp3) is 0.542. The van der Waals surface area contributed by atoms with E-state index in [1.54, 1.807) is 0 Å². The minimum Gasteiger partial charge on any atom is -0.356 e. The summed E-state index contributed by atoms with van der Waals surface area (Å²) in [7, 11) is 2.07. The Kier molecular flexibility index (Phi) is 7.24. The smallest absolute Gasteiger partial charge is 0.140 e. The topological polar surface area (TPSA) is 46.8 Å². The molecule has 0 aliphatic carbocycles. The highest BCUT2D eigenvalue weighted by molar-refractivity contribution is 5.92. The molecule has 0 unspecified atom stereocenters. The van der Waals surface area contributed by atoms with Gasteiger partial charge in [-0.2, -0.15) is 0 Å². The summed E-state index contributed by atoms with van der Waals surface area (Å²) in [5, 5.41) is 1.13. The van der Waals surface area contributed by atoms with Gasteiger partial charge in [-0.1, -0.05) is 33.6 Å². The van der Waals surface area contributed by atoms with E-state index < -0.39 is 0 Å². The maximum atomic E-state index is 5.06. The van der Waals surface area contributed by atoms with Crippen molar-refractivity contribution >= 4 is 16.7 Å². The number of hydrogen-bond donors (Lipinski definition) is 0. The van der Waals surface area contributed by atoms with Gasteiger partial charge in [0.25, 0.3) is 0 Å². The molecule has 0 saturated heterocycles. The van der Waals surface area contributed by atoms with Crippen LogP contribution in [0, 0.1) is 6.92 Å². The van der Waals surface area contributed by atoms with Gasteiger partial charge in [0.2, 0.25) is 0 Å². The zero-order valence-electron chi connectivity index (χ0n) is 18.7. The molecule has 0 aliphatic heterocycles. The number of unbranched alkanes of at least 4 members (excludes halogenated alkanes) is 2. The first-order valence-electron chi connectivity index (χ1n) is 11.1. The third kappa shape index (κ3) is 4.77. The van der Waals surface area contributed by atoms with Gasteiger partial charge in [0, 0.05) is 49.4 Å². The fourth-order valence-corrected chi connectivity index (χ4v) is 3.81. The molecule has 29 heavy (non-hydrogen) atoms. The molecule has 0 spiro atoms. The van der Waals surface area contributed by atoms with Crippen molar-refractivity contribution in [1.82, 2.24) is 19.5 Å². The van der Waals surface area contributed by atoms with Gasteiger partial charge in [0.05, 0.1) is 5.52 Å². The van der Waals surface area contributed by atoms with Crippen molar-refractivity contribution in [2.24, 2.45) is 7.05 Å². The summed E-state index contributed by atoms with van der Waals surface area (Å²) in [6.07, 6.45) is 8.67. The minimum atomic E-state index is 0.948. The quantitative estimate of drug-likeness (QED) is 0.415. The maximum Gasteiger partial charge on any atom is 0.140 e. The number of imidazole rings is 1. The predicted octanol–water partition coefficient (Wildman–Crippen LogP) is 5.70. The van der Waals surface area contributed by atoms with E-state index in [9.17, 15) is 0 Å². The summed E-state index contributed by atoms with van der Waals surface area (Å²) in [4.78, 5) is 17.0. The van der Waals surface area contributed by atoms with Crippen LogP contribution in [-0.4, -0.2) is 32.6 Å². The third-order valence-electron chi connectivity index (χ3n) is 5.49. The highest BCUT2D eigenvalue weighted by Gasteiger charge is 2.16. The molecule has 0 N–H and O–H groups in total. The van der Waals surface area contributed by atoms with Gasteiger partial charge in [-0.05, 0) is 44.4 Å². The van der Waals surface area contributed by atoms with Crippen LogP contribution in [0.3, 0.4) is 0 Å². The predicted molar refractivity (Wildman–Crippen MR) is 123 cm³/mol. The van der Waals surface area contributed by atoms with Crippen LogP contribution < -0.4 is 4.90 Å². The Morgan fingerprint density at radius 1 is 0.966 bits per heavy atom. The molecule has 0 radical (unpaired) electrons. The number of rotatable bonds is 10. The highest BCUT2D eigenvalue weighted by atomic mass is 15.2. The first-order valence-corrected chi connectivity index (χ1v) is 11.1. The Hall–Kier alpha value is -2.43. The van der Waals surface area contributed by atoms with E-state index in [1.807, 2.05) is 6.20 Å². The minimum absolute atomic E-state index is 0.948. The molecule has 0 fully saturated rings. The average Bonchev–Trinajstić information content (AvgIpc) is 3.06. The zero-order chi connectivity index (χ0) is 20.8. The molecule has 5 heteroatoms. The van der Waals surface area contributed by atoms with E-state index in [2.05, 4.69) is 67.4 Å². The Morgan fingerprint density at radius 2 is 1.72 bits per heavy atom. The molecule has 0 aliphatic rings. The lowest BCUT2D eigenvalue weighted by atomic mass is 10.1. The molecule has 0 bridgehead atoms. The Balaban J connectivity index is 2.12. The summed E-state index contributed by atoms with van der Waals surface area (Å²) < 4.78 is 2.14. The molecule has 3 rings (SSSR count). The second kappa shape index (κ2) is 9.86. The van der Waals surface area contributed by atoms with Gasteiger partial charge in [-0.15, -0.1) is 0 Å². The van der Waals surface area contributed by atoms with Gasteiger partial charge >= 0.3 is 0 Å². The number of anilines is 1. The van der Waals surface area contributed by atoms with Crippen molar-refractivity contribution in [3.05, 3.63) is 35.9 Å². The summed E-state index contributed by atoms with van der Waals surface area (Å²) >= 11 is 0. The maximum absolute atomic E-state index is 5.06. The number of aryl methyl sites for hydroxylation is 2. The van der Waals surface area contributed by atoms with Crippen molar-refractivity contribution < 1.29 is 0 Å². The van der Waals surface area contributed by atoms with Crippen LogP contribution in [0.25, 0.3) is 22.3 Å². The Bertz CT molecular complexity index is 938. The lowest BCUT2D eigenvalue weighted by molar-refractivity contribution is 0.688. The molecular formula is C24H35N5. The number of nitrogens with zero attached hydrogens (tertiary/aromatic N) is 5. The van der Waals surface area contributed by atoms with Crippen LogP contribution in [0.15, 0.2) is 24.4 Å². The lowest BCUT2D eigenvalue weighted by Gasteiger charge is -2.24. The van der Waals surface area contributed by atoms with E-state index >= 15 is 0 Å². The summed E-state index contributed by atoms with van der Waals surface area (Å²) in [5.74, 6) is 3.04. The monoisotopic (exact) mass is 393 g/mol. The molecule has 156 valence electrons. The average molecular weight is 394 g/mol. The van der Waals surface area contributed by atoms with Gasteiger partial charge in [-0.3, -0.25) is 0 Å². The summed E-state index contributed by atoms with van der Waals surface area (Å²) in [5.41, 5.74) is 3.31. The van der Waals surface area contributed by atoms with Crippen molar-refractivity contribution in [2.45, 2.75) is 66.2 Å². The van der Waals surface area contributed by atoms with Crippen LogP contribution in [0.4, 0.5) is 5.82 Å². The number of benzene rings is 1. The second-order valence-corrected chi connectivity index (χ2v) is 7.92. The van der Waals surface area contributed by atoms with Crippen molar-refractivity contribution in [3.63, 3.8) is 0 Å². The molecule has 0 saturated carbocycles. The van der Waals surface area contributed by atoms with Crippen LogP contribution in [0.1, 0.15) is 64.4 Å². The molecule has 2 heterocycles. The van der Waals surface area contributed by atoms with E-state index in [1.165, 1.54) is 12.8 Å². The normalized spacial score (nSPS) is 11.3. The first kappa shape index (κ1) is 21.3. The van der Waals surface area contributed by atoms with Crippen molar-refractivity contribution in [3.8, 4) is 11.4 Å². The largest absolute Gasteiger partial charge is 0.356 e. The molecular weight excluding hydrogens is 358 g/mol. The molecule has 3 aromatic rings. The Morgan fingerprint density at radius 3 is 2.34 bits per heavy atom. The molecule has 5 nitrogen and oxygen atoms in total. The van der Waals surface area contributed by atoms with Crippen LogP contribution >= 0.6 is 0 Å². The summed E-state index contributed by atoms with van der Waals surface area (Å²) in [6, 6.07) is 6.50. The first-order chi connectivity index (χ1) is 14.1. The van der Waals surface area contributed by atoms with E-state index in [-0.39, 0.29) is 0 Å². The zero-order valence-corrected chi connectivity index (χ0v) is 18.7. The highest BCUT2D eigenvalue weighted by Crippen LogP contribution is 2.30. The van der Waals surface area contributed by atoms with E-state index in [0.29, 0.717) is 0 Å². The Labute approximate surface area is 175 Å². The van der Waals surface area contributed by atoms with Crippen LogP contribution in [0.2, 0.25) is 0 Å². The second-order valence-electron chi connectivity index (χ2n) is 7.92. The van der Waals surface area contributed by atoms with Crippen molar-refractivity contribution in [1.29, 1.82) is 0 Å². The van der Waals surface area contributed by atoms with Crippen molar-refractivity contribution in [2.75, 3.05) is 18.0 Å². The van der Waals surface area contributed by atoms with Gasteiger partial charge in [0.15, 0.2) is 0 Å². The van der Waals surface area contributed by atoms with Gasteiger partial charge in [-0.25, -0.2) is 15.0 Å². The van der Waals surface area contributed by atoms with Crippen LogP contribution in [0.5, 0.6) is 0 Å². The number of fused-ring (bicyclic) bond motifs is 1. The van der Waals surface area contributed by atoms with E-state index in [0.717, 1.165) is 78.4 Å². The molecule has 0 amide bonds. The standard InChI is InChI=1S/C24H35N5/c1-6-9-10-11-22-26-21-13-12-19(23-25-17-18(4)28(23)5)16-20(21)24(27-22)29(14-7-2)15-8-3/h12-13,16-17H,6-11,14-15H2,1-5H3. The van der Waals surface area contributed by atoms with Gasteiger partial charge in [0.1, 0.15) is 17.5 Å². The lowest BCUT2D eigenvalue weighted by Crippen LogP contribution is -2.26.